The highest BCUT2D eigenvalue weighted by atomic mass is 32.2. The topological polar surface area (TPSA) is 0 Å². The van der Waals surface area contributed by atoms with Crippen molar-refractivity contribution in [1.29, 1.82) is 0 Å². The highest BCUT2D eigenvalue weighted by molar-refractivity contribution is 7.99. The Morgan fingerprint density at radius 1 is 1.33 bits per heavy atom. The molecule has 0 aliphatic carbocycles. The van der Waals surface area contributed by atoms with Crippen LogP contribution in [-0.2, 0) is 0 Å². The summed E-state index contributed by atoms with van der Waals surface area (Å²) in [5.74, 6) is 4.38. The number of benzene rings is 1. The van der Waals surface area contributed by atoms with Crippen LogP contribution in [0.3, 0.4) is 0 Å². The second-order valence-electron chi connectivity index (χ2n) is 3.73. The van der Waals surface area contributed by atoms with E-state index < -0.39 is 0 Å². The van der Waals surface area contributed by atoms with E-state index in [9.17, 15) is 0 Å². The standard InChI is InChI=1S/C14H18S/c1-4-6-12(3)13-7-9-14(10-8-13)15-11-5-2/h1,7-10,12H,5-6,11H2,2-3H3. The summed E-state index contributed by atoms with van der Waals surface area (Å²) in [7, 11) is 0. The largest absolute Gasteiger partial charge is 0.126 e. The minimum absolute atomic E-state index is 0.472. The zero-order chi connectivity index (χ0) is 11.1. The Morgan fingerprint density at radius 3 is 2.53 bits per heavy atom. The fraction of sp³-hybridized carbons (Fsp3) is 0.429. The molecule has 0 saturated carbocycles. The van der Waals surface area contributed by atoms with E-state index in [2.05, 4.69) is 44.0 Å². The molecule has 0 aromatic heterocycles. The molecule has 1 aromatic rings. The Bertz CT molecular complexity index is 318. The average molecular weight is 218 g/mol. The lowest BCUT2D eigenvalue weighted by Crippen LogP contribution is -1.91. The molecule has 0 aliphatic heterocycles. The summed E-state index contributed by atoms with van der Waals surface area (Å²) in [6.45, 7) is 4.38. The van der Waals surface area contributed by atoms with Gasteiger partial charge in [0.1, 0.15) is 0 Å². The van der Waals surface area contributed by atoms with E-state index in [0.29, 0.717) is 5.92 Å². The first-order chi connectivity index (χ1) is 7.27. The van der Waals surface area contributed by atoms with Gasteiger partial charge in [-0.2, -0.15) is 0 Å². The summed E-state index contributed by atoms with van der Waals surface area (Å²) in [5.41, 5.74) is 1.34. The SMILES string of the molecule is C#CCC(C)c1ccc(SCCC)cc1. The monoisotopic (exact) mass is 218 g/mol. The van der Waals surface area contributed by atoms with Gasteiger partial charge in [-0.25, -0.2) is 0 Å². The summed E-state index contributed by atoms with van der Waals surface area (Å²) in [5, 5.41) is 0. The lowest BCUT2D eigenvalue weighted by molar-refractivity contribution is 0.795. The van der Waals surface area contributed by atoms with E-state index >= 15 is 0 Å². The molecule has 0 fully saturated rings. The van der Waals surface area contributed by atoms with Crippen LogP contribution in [0.5, 0.6) is 0 Å². The molecule has 15 heavy (non-hydrogen) atoms. The molecule has 0 spiro atoms. The zero-order valence-corrected chi connectivity index (χ0v) is 10.3. The van der Waals surface area contributed by atoms with Crippen molar-refractivity contribution in [2.75, 3.05) is 5.75 Å². The summed E-state index contributed by atoms with van der Waals surface area (Å²) in [6, 6.07) is 8.78. The molecule has 0 amide bonds. The van der Waals surface area contributed by atoms with E-state index in [1.54, 1.807) is 0 Å². The Morgan fingerprint density at radius 2 is 2.00 bits per heavy atom. The van der Waals surface area contributed by atoms with Crippen molar-refractivity contribution >= 4 is 11.8 Å². The van der Waals surface area contributed by atoms with Crippen LogP contribution >= 0.6 is 11.8 Å². The Balaban J connectivity index is 2.60. The second kappa shape index (κ2) is 6.58. The number of hydrogen-bond acceptors (Lipinski definition) is 1. The fourth-order valence-electron chi connectivity index (χ4n) is 1.41. The Kier molecular flexibility index (Phi) is 5.36. The van der Waals surface area contributed by atoms with Crippen LogP contribution in [0.4, 0.5) is 0 Å². The van der Waals surface area contributed by atoms with Gasteiger partial charge in [-0.05, 0) is 35.8 Å². The smallest absolute Gasteiger partial charge is 0.0152 e. The summed E-state index contributed by atoms with van der Waals surface area (Å²) in [4.78, 5) is 1.36. The van der Waals surface area contributed by atoms with Crippen molar-refractivity contribution in [3.05, 3.63) is 29.8 Å². The third kappa shape index (κ3) is 4.01. The van der Waals surface area contributed by atoms with Crippen LogP contribution in [0.2, 0.25) is 0 Å². The quantitative estimate of drug-likeness (QED) is 0.524. The lowest BCUT2D eigenvalue weighted by Gasteiger charge is -2.08. The van der Waals surface area contributed by atoms with Gasteiger partial charge in [0.05, 0.1) is 0 Å². The predicted octanol–water partition coefficient (Wildman–Crippen LogP) is 4.32. The van der Waals surface area contributed by atoms with Crippen LogP contribution in [-0.4, -0.2) is 5.75 Å². The first-order valence-electron chi connectivity index (χ1n) is 5.44. The zero-order valence-electron chi connectivity index (χ0n) is 9.49. The number of thioether (sulfide) groups is 1. The Hall–Kier alpha value is -0.870. The van der Waals surface area contributed by atoms with E-state index in [-0.39, 0.29) is 0 Å². The van der Waals surface area contributed by atoms with Crippen LogP contribution in [0.1, 0.15) is 38.2 Å². The maximum atomic E-state index is 5.31. The fourth-order valence-corrected chi connectivity index (χ4v) is 2.18. The molecule has 0 saturated heterocycles. The maximum absolute atomic E-state index is 5.31. The van der Waals surface area contributed by atoms with Gasteiger partial charge in [-0.1, -0.05) is 26.0 Å². The van der Waals surface area contributed by atoms with Crippen molar-refractivity contribution < 1.29 is 0 Å². The number of rotatable bonds is 5. The molecular formula is C14H18S. The third-order valence-corrected chi connectivity index (χ3v) is 3.56. The summed E-state index contributed by atoms with van der Waals surface area (Å²) in [6.07, 6.45) is 7.35. The molecule has 0 radical (unpaired) electrons. The van der Waals surface area contributed by atoms with Gasteiger partial charge >= 0.3 is 0 Å². The van der Waals surface area contributed by atoms with Crippen LogP contribution in [0.25, 0.3) is 0 Å². The molecule has 0 aliphatic rings. The molecular weight excluding hydrogens is 200 g/mol. The molecule has 0 bridgehead atoms. The highest BCUT2D eigenvalue weighted by Crippen LogP contribution is 2.23. The molecule has 1 unspecified atom stereocenters. The van der Waals surface area contributed by atoms with Gasteiger partial charge in [0.2, 0.25) is 0 Å². The minimum Gasteiger partial charge on any atom is -0.126 e. The van der Waals surface area contributed by atoms with Crippen molar-refractivity contribution in [3.8, 4) is 12.3 Å². The molecule has 1 heteroatoms. The van der Waals surface area contributed by atoms with Crippen LogP contribution < -0.4 is 0 Å². The van der Waals surface area contributed by atoms with E-state index in [1.165, 1.54) is 22.6 Å². The molecule has 0 nitrogen and oxygen atoms in total. The van der Waals surface area contributed by atoms with E-state index in [4.69, 9.17) is 6.42 Å². The van der Waals surface area contributed by atoms with Gasteiger partial charge < -0.3 is 0 Å². The third-order valence-electron chi connectivity index (χ3n) is 2.35. The average Bonchev–Trinajstić information content (AvgIpc) is 2.27. The number of hydrogen-bond donors (Lipinski definition) is 0. The minimum atomic E-state index is 0.472. The molecule has 80 valence electrons. The maximum Gasteiger partial charge on any atom is 0.0152 e. The number of terminal acetylenes is 1. The van der Waals surface area contributed by atoms with Crippen molar-refractivity contribution in [3.63, 3.8) is 0 Å². The van der Waals surface area contributed by atoms with Gasteiger partial charge in [0.15, 0.2) is 0 Å². The van der Waals surface area contributed by atoms with Crippen LogP contribution in [0, 0.1) is 12.3 Å². The van der Waals surface area contributed by atoms with Gasteiger partial charge in [-0.3, -0.25) is 0 Å². The molecule has 1 aromatic carbocycles. The van der Waals surface area contributed by atoms with E-state index in [1.807, 2.05) is 11.8 Å². The molecule has 0 N–H and O–H groups in total. The summed E-state index contributed by atoms with van der Waals surface area (Å²) >= 11 is 1.91. The first-order valence-corrected chi connectivity index (χ1v) is 6.42. The van der Waals surface area contributed by atoms with Gasteiger partial charge in [0, 0.05) is 11.3 Å². The normalized spacial score (nSPS) is 12.1. The molecule has 1 atom stereocenters. The Labute approximate surface area is 97.5 Å². The van der Waals surface area contributed by atoms with Crippen molar-refractivity contribution in [1.82, 2.24) is 0 Å². The predicted molar refractivity (Wildman–Crippen MR) is 69.3 cm³/mol. The van der Waals surface area contributed by atoms with Crippen molar-refractivity contribution in [2.45, 2.75) is 37.5 Å². The molecule has 1 rings (SSSR count). The first kappa shape index (κ1) is 12.2. The lowest BCUT2D eigenvalue weighted by atomic mass is 9.98. The highest BCUT2D eigenvalue weighted by Gasteiger charge is 2.03. The van der Waals surface area contributed by atoms with Gasteiger partial charge in [0.25, 0.3) is 0 Å². The van der Waals surface area contributed by atoms with Crippen LogP contribution in [0.15, 0.2) is 29.2 Å². The summed E-state index contributed by atoms with van der Waals surface area (Å²) < 4.78 is 0. The molecule has 0 heterocycles. The van der Waals surface area contributed by atoms with Gasteiger partial charge in [-0.15, -0.1) is 24.1 Å². The van der Waals surface area contributed by atoms with Crippen molar-refractivity contribution in [2.24, 2.45) is 0 Å². The van der Waals surface area contributed by atoms with E-state index in [0.717, 1.165) is 6.42 Å². The second-order valence-corrected chi connectivity index (χ2v) is 4.90.